The Labute approximate surface area is 165 Å². The molecule has 1 aliphatic rings. The molecule has 0 unspecified atom stereocenters. The molecule has 1 aliphatic carbocycles. The number of carbonyl (C=O) groups is 1. The maximum Gasteiger partial charge on any atom is 0.243 e. The number of sulfonamides is 1. The maximum absolute atomic E-state index is 12.7. The number of carbonyl (C=O) groups excluding carboxylic acids is 1. The Morgan fingerprint density at radius 1 is 1.38 bits per heavy atom. The highest BCUT2D eigenvalue weighted by Gasteiger charge is 2.31. The molecule has 1 aromatic carbocycles. The third-order valence-corrected chi connectivity index (χ3v) is 7.25. The molecule has 1 aromatic rings. The Bertz CT molecular complexity index is 706. The number of amides is 1. The van der Waals surface area contributed by atoms with Crippen molar-refractivity contribution in [3.05, 3.63) is 29.3 Å². The monoisotopic (exact) mass is 418 g/mol. The fourth-order valence-electron chi connectivity index (χ4n) is 3.25. The van der Waals surface area contributed by atoms with Gasteiger partial charge in [0.05, 0.1) is 11.9 Å². The third kappa shape index (κ3) is 6.06. The average Bonchev–Trinajstić information content (AvgIpc) is 3.08. The summed E-state index contributed by atoms with van der Waals surface area (Å²) in [5, 5.41) is 4.03. The summed E-state index contributed by atoms with van der Waals surface area (Å²) >= 11 is 7.90. The minimum absolute atomic E-state index is 0.273. The first-order valence-electron chi connectivity index (χ1n) is 8.97. The first kappa shape index (κ1) is 21.4. The van der Waals surface area contributed by atoms with E-state index >= 15 is 0 Å². The van der Waals surface area contributed by atoms with E-state index in [1.165, 1.54) is 30.0 Å². The van der Waals surface area contributed by atoms with Crippen molar-refractivity contribution in [3.63, 3.8) is 0 Å². The van der Waals surface area contributed by atoms with Gasteiger partial charge in [0.15, 0.2) is 0 Å². The molecular weight excluding hydrogens is 392 g/mol. The molecule has 0 heterocycles. The fourth-order valence-corrected chi connectivity index (χ4v) is 5.85. The van der Waals surface area contributed by atoms with E-state index in [-0.39, 0.29) is 5.91 Å². The first-order chi connectivity index (χ1) is 12.3. The smallest absolute Gasteiger partial charge is 0.243 e. The quantitative estimate of drug-likeness (QED) is 0.621. The van der Waals surface area contributed by atoms with E-state index in [0.717, 1.165) is 12.0 Å². The molecule has 1 atom stereocenters. The van der Waals surface area contributed by atoms with E-state index in [2.05, 4.69) is 5.32 Å². The number of benzene rings is 1. The van der Waals surface area contributed by atoms with Crippen LogP contribution in [0.5, 0.6) is 0 Å². The molecule has 0 bridgehead atoms. The zero-order valence-corrected chi connectivity index (χ0v) is 17.7. The molecule has 1 N–H and O–H groups in total. The van der Waals surface area contributed by atoms with Crippen LogP contribution in [-0.2, 0) is 14.8 Å². The minimum Gasteiger partial charge on any atom is -0.353 e. The number of thioether (sulfide) groups is 1. The SMILES string of the molecule is CC[C@@H](C(=O)NCCSC1CCCC1)N(c1cccc(Cl)c1)S(C)(=O)=O. The number of anilines is 1. The molecular formula is C18H27ClN2O3S2. The topological polar surface area (TPSA) is 66.5 Å². The van der Waals surface area contributed by atoms with E-state index < -0.39 is 16.1 Å². The van der Waals surface area contributed by atoms with E-state index in [1.54, 1.807) is 31.2 Å². The molecule has 8 heteroatoms. The van der Waals surface area contributed by atoms with Gasteiger partial charge in [0.25, 0.3) is 0 Å². The standard InChI is InChI=1S/C18H27ClN2O3S2/c1-3-17(18(22)20-11-12-25-16-9-4-5-10-16)21(26(2,23)24)15-8-6-7-14(19)13-15/h6-8,13,16-17H,3-5,9-12H2,1-2H3,(H,20,22)/t17-/m0/s1. The summed E-state index contributed by atoms with van der Waals surface area (Å²) in [4.78, 5) is 12.7. The molecule has 1 saturated carbocycles. The number of hydrogen-bond donors (Lipinski definition) is 1. The molecule has 26 heavy (non-hydrogen) atoms. The average molecular weight is 419 g/mol. The van der Waals surface area contributed by atoms with Gasteiger partial charge >= 0.3 is 0 Å². The molecule has 0 aliphatic heterocycles. The van der Waals surface area contributed by atoms with Crippen LogP contribution in [0.25, 0.3) is 0 Å². The van der Waals surface area contributed by atoms with Gasteiger partial charge in [0.1, 0.15) is 6.04 Å². The second-order valence-corrected chi connectivity index (χ2v) is 10.2. The van der Waals surface area contributed by atoms with Crippen molar-refractivity contribution in [1.29, 1.82) is 0 Å². The van der Waals surface area contributed by atoms with Crippen LogP contribution in [0.1, 0.15) is 39.0 Å². The van der Waals surface area contributed by atoms with Gasteiger partial charge in [0, 0.05) is 22.6 Å². The Hall–Kier alpha value is -0.920. The van der Waals surface area contributed by atoms with E-state index in [4.69, 9.17) is 11.6 Å². The normalized spacial score (nSPS) is 16.4. The Kier molecular flexibility index (Phi) is 8.10. The molecule has 146 valence electrons. The van der Waals surface area contributed by atoms with Crippen LogP contribution >= 0.6 is 23.4 Å². The van der Waals surface area contributed by atoms with Crippen LogP contribution < -0.4 is 9.62 Å². The Balaban J connectivity index is 2.02. The van der Waals surface area contributed by atoms with Crippen molar-refractivity contribution in [2.75, 3.05) is 22.9 Å². The van der Waals surface area contributed by atoms with Gasteiger partial charge in [-0.1, -0.05) is 37.4 Å². The molecule has 0 radical (unpaired) electrons. The lowest BCUT2D eigenvalue weighted by Gasteiger charge is -2.30. The van der Waals surface area contributed by atoms with Gasteiger partial charge in [-0.2, -0.15) is 11.8 Å². The van der Waals surface area contributed by atoms with Gasteiger partial charge in [-0.3, -0.25) is 9.10 Å². The van der Waals surface area contributed by atoms with E-state index in [0.29, 0.717) is 28.9 Å². The molecule has 0 aromatic heterocycles. The summed E-state index contributed by atoms with van der Waals surface area (Å²) < 4.78 is 25.9. The lowest BCUT2D eigenvalue weighted by atomic mass is 10.2. The van der Waals surface area contributed by atoms with Gasteiger partial charge in [-0.25, -0.2) is 8.42 Å². The maximum atomic E-state index is 12.7. The fraction of sp³-hybridized carbons (Fsp3) is 0.611. The van der Waals surface area contributed by atoms with Gasteiger partial charge in [-0.15, -0.1) is 0 Å². The molecule has 0 saturated heterocycles. The lowest BCUT2D eigenvalue weighted by Crippen LogP contribution is -2.49. The summed E-state index contributed by atoms with van der Waals surface area (Å²) in [7, 11) is -3.63. The van der Waals surface area contributed by atoms with E-state index in [9.17, 15) is 13.2 Å². The Morgan fingerprint density at radius 3 is 2.65 bits per heavy atom. The van der Waals surface area contributed by atoms with Gasteiger partial charge < -0.3 is 5.32 Å². The number of nitrogens with zero attached hydrogens (tertiary/aromatic N) is 1. The number of rotatable bonds is 9. The van der Waals surface area contributed by atoms with Crippen molar-refractivity contribution >= 4 is 45.0 Å². The second-order valence-electron chi connectivity index (χ2n) is 6.53. The van der Waals surface area contributed by atoms with Gasteiger partial charge in [-0.05, 0) is 37.5 Å². The van der Waals surface area contributed by atoms with Crippen molar-refractivity contribution in [3.8, 4) is 0 Å². The third-order valence-electron chi connectivity index (χ3n) is 4.45. The minimum atomic E-state index is -3.63. The van der Waals surface area contributed by atoms with Crippen molar-refractivity contribution < 1.29 is 13.2 Å². The van der Waals surface area contributed by atoms with Crippen LogP contribution in [0.4, 0.5) is 5.69 Å². The zero-order chi connectivity index (χ0) is 19.2. The van der Waals surface area contributed by atoms with Crippen LogP contribution in [0, 0.1) is 0 Å². The summed E-state index contributed by atoms with van der Waals surface area (Å²) in [5.41, 5.74) is 0.405. The highest BCUT2D eigenvalue weighted by atomic mass is 35.5. The van der Waals surface area contributed by atoms with Crippen LogP contribution in [0.2, 0.25) is 5.02 Å². The lowest BCUT2D eigenvalue weighted by molar-refractivity contribution is -0.122. The molecule has 1 fully saturated rings. The highest BCUT2D eigenvalue weighted by molar-refractivity contribution is 7.99. The predicted octanol–water partition coefficient (Wildman–Crippen LogP) is 3.68. The summed E-state index contributed by atoms with van der Waals surface area (Å²) in [6.07, 6.45) is 6.59. The van der Waals surface area contributed by atoms with Crippen molar-refractivity contribution in [2.45, 2.75) is 50.3 Å². The van der Waals surface area contributed by atoms with Crippen LogP contribution in [-0.4, -0.2) is 44.2 Å². The van der Waals surface area contributed by atoms with Crippen molar-refractivity contribution in [2.24, 2.45) is 0 Å². The van der Waals surface area contributed by atoms with Gasteiger partial charge in [0.2, 0.25) is 15.9 Å². The number of hydrogen-bond acceptors (Lipinski definition) is 4. The number of halogens is 1. The largest absolute Gasteiger partial charge is 0.353 e. The summed E-state index contributed by atoms with van der Waals surface area (Å²) in [6.45, 7) is 2.35. The van der Waals surface area contributed by atoms with Crippen molar-refractivity contribution in [1.82, 2.24) is 5.32 Å². The van der Waals surface area contributed by atoms with E-state index in [1.807, 2.05) is 11.8 Å². The zero-order valence-electron chi connectivity index (χ0n) is 15.3. The second kappa shape index (κ2) is 9.85. The summed E-state index contributed by atoms with van der Waals surface area (Å²) in [5.74, 6) is 0.577. The van der Waals surface area contributed by atoms with Crippen LogP contribution in [0.3, 0.4) is 0 Å². The predicted molar refractivity (Wildman–Crippen MR) is 111 cm³/mol. The molecule has 2 rings (SSSR count). The number of nitrogens with one attached hydrogen (secondary N) is 1. The molecule has 1 amide bonds. The molecule has 0 spiro atoms. The van der Waals surface area contributed by atoms with Crippen LogP contribution in [0.15, 0.2) is 24.3 Å². The molecule has 5 nitrogen and oxygen atoms in total. The highest BCUT2D eigenvalue weighted by Crippen LogP contribution is 2.29. The first-order valence-corrected chi connectivity index (χ1v) is 12.2. The Morgan fingerprint density at radius 2 is 2.08 bits per heavy atom. The summed E-state index contributed by atoms with van der Waals surface area (Å²) in [6, 6.07) is 5.78.